The van der Waals surface area contributed by atoms with E-state index < -0.39 is 0 Å². The SMILES string of the molecule is CCCCNC(N)=NCC(CC(C)C)N(C)C. The number of guanidine groups is 1. The average molecular weight is 242 g/mol. The molecule has 0 spiro atoms. The van der Waals surface area contributed by atoms with Crippen LogP contribution < -0.4 is 11.1 Å². The maximum absolute atomic E-state index is 5.81. The number of nitrogens with zero attached hydrogens (tertiary/aromatic N) is 2. The molecular weight excluding hydrogens is 212 g/mol. The third-order valence-electron chi connectivity index (χ3n) is 2.78. The van der Waals surface area contributed by atoms with Gasteiger partial charge in [0.25, 0.3) is 0 Å². The summed E-state index contributed by atoms with van der Waals surface area (Å²) in [6.45, 7) is 8.34. The molecule has 4 heteroatoms. The minimum atomic E-state index is 0.474. The minimum absolute atomic E-state index is 0.474. The predicted octanol–water partition coefficient (Wildman–Crippen LogP) is 1.67. The second-order valence-electron chi connectivity index (χ2n) is 5.25. The van der Waals surface area contributed by atoms with E-state index in [-0.39, 0.29) is 0 Å². The molecule has 0 aliphatic rings. The van der Waals surface area contributed by atoms with Crippen LogP contribution in [-0.2, 0) is 0 Å². The second-order valence-corrected chi connectivity index (χ2v) is 5.25. The fraction of sp³-hybridized carbons (Fsp3) is 0.923. The lowest BCUT2D eigenvalue weighted by Gasteiger charge is -2.24. The van der Waals surface area contributed by atoms with Crippen molar-refractivity contribution in [3.05, 3.63) is 0 Å². The molecule has 0 aromatic carbocycles. The first-order valence-corrected chi connectivity index (χ1v) is 6.67. The number of unbranched alkanes of at least 4 members (excludes halogenated alkanes) is 1. The summed E-state index contributed by atoms with van der Waals surface area (Å²) in [6.07, 6.45) is 3.46. The number of hydrogen-bond donors (Lipinski definition) is 2. The van der Waals surface area contributed by atoms with Crippen LogP contribution in [0.15, 0.2) is 4.99 Å². The lowest BCUT2D eigenvalue weighted by atomic mass is 10.0. The van der Waals surface area contributed by atoms with Crippen LogP contribution in [0.25, 0.3) is 0 Å². The molecule has 0 aliphatic heterocycles. The van der Waals surface area contributed by atoms with Gasteiger partial charge in [-0.05, 0) is 32.9 Å². The van der Waals surface area contributed by atoms with E-state index in [2.05, 4.69) is 50.1 Å². The monoisotopic (exact) mass is 242 g/mol. The van der Waals surface area contributed by atoms with E-state index in [1.807, 2.05) is 0 Å². The quantitative estimate of drug-likeness (QED) is 0.387. The Balaban J connectivity index is 4.04. The maximum Gasteiger partial charge on any atom is 0.188 e. The zero-order chi connectivity index (χ0) is 13.3. The first-order chi connectivity index (χ1) is 7.97. The minimum Gasteiger partial charge on any atom is -0.370 e. The summed E-state index contributed by atoms with van der Waals surface area (Å²) in [7, 11) is 4.20. The number of aliphatic imine (C=N–C) groups is 1. The lowest BCUT2D eigenvalue weighted by molar-refractivity contribution is 0.261. The van der Waals surface area contributed by atoms with Crippen LogP contribution in [0.5, 0.6) is 0 Å². The number of hydrogen-bond acceptors (Lipinski definition) is 2. The van der Waals surface area contributed by atoms with Crippen molar-refractivity contribution >= 4 is 5.96 Å². The summed E-state index contributed by atoms with van der Waals surface area (Å²) in [5.41, 5.74) is 5.81. The number of nitrogens with two attached hydrogens (primary N) is 1. The van der Waals surface area contributed by atoms with Crippen LogP contribution in [0.4, 0.5) is 0 Å². The van der Waals surface area contributed by atoms with E-state index in [4.69, 9.17) is 5.73 Å². The van der Waals surface area contributed by atoms with Gasteiger partial charge in [-0.25, -0.2) is 0 Å². The Morgan fingerprint density at radius 1 is 1.35 bits per heavy atom. The molecule has 1 unspecified atom stereocenters. The highest BCUT2D eigenvalue weighted by Crippen LogP contribution is 2.09. The molecule has 1 atom stereocenters. The summed E-state index contributed by atoms with van der Waals surface area (Å²) in [5, 5.41) is 3.14. The van der Waals surface area contributed by atoms with E-state index in [1.54, 1.807) is 0 Å². The van der Waals surface area contributed by atoms with Crippen LogP contribution in [0.2, 0.25) is 0 Å². The lowest BCUT2D eigenvalue weighted by Crippen LogP contribution is -2.36. The van der Waals surface area contributed by atoms with E-state index in [1.165, 1.54) is 6.42 Å². The Kier molecular flexibility index (Phi) is 8.86. The topological polar surface area (TPSA) is 53.6 Å². The molecule has 0 bridgehead atoms. The van der Waals surface area contributed by atoms with Gasteiger partial charge in [-0.15, -0.1) is 0 Å². The summed E-state index contributed by atoms with van der Waals surface area (Å²) in [5.74, 6) is 1.26. The van der Waals surface area contributed by atoms with Crippen molar-refractivity contribution in [3.63, 3.8) is 0 Å². The summed E-state index contributed by atoms with van der Waals surface area (Å²) < 4.78 is 0. The van der Waals surface area contributed by atoms with Gasteiger partial charge >= 0.3 is 0 Å². The maximum atomic E-state index is 5.81. The van der Waals surface area contributed by atoms with Gasteiger partial charge in [0, 0.05) is 12.6 Å². The summed E-state index contributed by atoms with van der Waals surface area (Å²) >= 11 is 0. The Morgan fingerprint density at radius 2 is 2.00 bits per heavy atom. The van der Waals surface area contributed by atoms with Crippen molar-refractivity contribution in [2.75, 3.05) is 27.2 Å². The van der Waals surface area contributed by atoms with Gasteiger partial charge in [0.15, 0.2) is 5.96 Å². The Hall–Kier alpha value is -0.770. The molecule has 0 radical (unpaired) electrons. The Labute approximate surface area is 107 Å². The van der Waals surface area contributed by atoms with Gasteiger partial charge in [-0.3, -0.25) is 4.99 Å². The largest absolute Gasteiger partial charge is 0.370 e. The zero-order valence-electron chi connectivity index (χ0n) is 12.2. The van der Waals surface area contributed by atoms with Gasteiger partial charge in [-0.2, -0.15) is 0 Å². The number of likely N-dealkylation sites (N-methyl/N-ethyl adjacent to an activating group) is 1. The smallest absolute Gasteiger partial charge is 0.188 e. The van der Waals surface area contributed by atoms with Crippen molar-refractivity contribution < 1.29 is 0 Å². The standard InChI is InChI=1S/C13H30N4/c1-6-7-8-15-13(14)16-10-12(17(4)5)9-11(2)3/h11-12H,6-10H2,1-5H3,(H3,14,15,16). The molecule has 0 aromatic rings. The van der Waals surface area contributed by atoms with Crippen LogP contribution in [0.1, 0.15) is 40.0 Å². The van der Waals surface area contributed by atoms with Crippen molar-refractivity contribution in [1.29, 1.82) is 0 Å². The second kappa shape index (κ2) is 9.28. The van der Waals surface area contributed by atoms with E-state index >= 15 is 0 Å². The molecule has 0 fully saturated rings. The third-order valence-corrected chi connectivity index (χ3v) is 2.78. The number of nitrogens with one attached hydrogen (secondary N) is 1. The van der Waals surface area contributed by atoms with Crippen molar-refractivity contribution in [2.24, 2.45) is 16.6 Å². The molecule has 0 aliphatic carbocycles. The normalized spacial score (nSPS) is 14.4. The third kappa shape index (κ3) is 8.98. The molecule has 0 saturated carbocycles. The van der Waals surface area contributed by atoms with Gasteiger partial charge in [0.2, 0.25) is 0 Å². The van der Waals surface area contributed by atoms with E-state index in [9.17, 15) is 0 Å². The van der Waals surface area contributed by atoms with E-state index in [0.29, 0.717) is 17.9 Å². The molecule has 4 nitrogen and oxygen atoms in total. The van der Waals surface area contributed by atoms with Gasteiger partial charge in [0.05, 0.1) is 6.54 Å². The van der Waals surface area contributed by atoms with Crippen molar-refractivity contribution in [2.45, 2.75) is 46.1 Å². The molecule has 0 heterocycles. The van der Waals surface area contributed by atoms with Crippen LogP contribution in [0, 0.1) is 5.92 Å². The first kappa shape index (κ1) is 16.2. The number of rotatable bonds is 8. The fourth-order valence-electron chi connectivity index (χ4n) is 1.65. The fourth-order valence-corrected chi connectivity index (χ4v) is 1.65. The van der Waals surface area contributed by atoms with Crippen molar-refractivity contribution in [3.8, 4) is 0 Å². The highest BCUT2D eigenvalue weighted by molar-refractivity contribution is 5.77. The van der Waals surface area contributed by atoms with Crippen molar-refractivity contribution in [1.82, 2.24) is 10.2 Å². The van der Waals surface area contributed by atoms with Crippen LogP contribution >= 0.6 is 0 Å². The van der Waals surface area contributed by atoms with Gasteiger partial charge in [-0.1, -0.05) is 27.2 Å². The summed E-state index contributed by atoms with van der Waals surface area (Å²) in [4.78, 5) is 6.64. The molecule has 0 aromatic heterocycles. The van der Waals surface area contributed by atoms with Gasteiger partial charge in [0.1, 0.15) is 0 Å². The molecule has 102 valence electrons. The molecule has 0 rings (SSSR count). The highest BCUT2D eigenvalue weighted by Gasteiger charge is 2.12. The zero-order valence-corrected chi connectivity index (χ0v) is 12.2. The average Bonchev–Trinajstić information content (AvgIpc) is 2.23. The van der Waals surface area contributed by atoms with Crippen LogP contribution in [0.3, 0.4) is 0 Å². The molecule has 0 saturated heterocycles. The molecule has 3 N–H and O–H groups in total. The molecule has 17 heavy (non-hydrogen) atoms. The molecule has 0 amide bonds. The summed E-state index contributed by atoms with van der Waals surface area (Å²) in [6, 6.07) is 0.474. The Morgan fingerprint density at radius 3 is 2.47 bits per heavy atom. The molecular formula is C13H30N4. The van der Waals surface area contributed by atoms with E-state index in [0.717, 1.165) is 25.9 Å². The highest BCUT2D eigenvalue weighted by atomic mass is 15.1. The predicted molar refractivity (Wildman–Crippen MR) is 76.3 cm³/mol. The first-order valence-electron chi connectivity index (χ1n) is 6.67. The Bertz CT molecular complexity index is 211. The van der Waals surface area contributed by atoms with Gasteiger partial charge < -0.3 is 16.0 Å². The van der Waals surface area contributed by atoms with Crippen LogP contribution in [-0.4, -0.2) is 44.1 Å².